The number of alkyl halides is 3. The summed E-state index contributed by atoms with van der Waals surface area (Å²) >= 11 is 5.79. The zero-order valence-corrected chi connectivity index (χ0v) is 9.42. The van der Waals surface area contributed by atoms with Gasteiger partial charge in [-0.05, 0) is 25.1 Å². The summed E-state index contributed by atoms with van der Waals surface area (Å²) < 4.78 is 38.6. The fourth-order valence-electron chi connectivity index (χ4n) is 1.33. The van der Waals surface area contributed by atoms with Crippen molar-refractivity contribution in [3.63, 3.8) is 0 Å². The van der Waals surface area contributed by atoms with Crippen LogP contribution in [0.5, 0.6) is 0 Å². The number of rotatable bonds is 1. The molecule has 1 heterocycles. The third-order valence-corrected chi connectivity index (χ3v) is 2.43. The Balaban J connectivity index is 2.45. The second kappa shape index (κ2) is 4.03. The van der Waals surface area contributed by atoms with Gasteiger partial charge in [-0.1, -0.05) is 11.6 Å². The highest BCUT2D eigenvalue weighted by Gasteiger charge is 2.31. The quantitative estimate of drug-likeness (QED) is 0.789. The smallest absolute Gasteiger partial charge is 0.220 e. The van der Waals surface area contributed by atoms with E-state index in [-0.39, 0.29) is 5.02 Å². The molecule has 0 N–H and O–H groups in total. The van der Waals surface area contributed by atoms with Crippen LogP contribution in [0.1, 0.15) is 11.4 Å². The van der Waals surface area contributed by atoms with E-state index < -0.39 is 11.7 Å². The van der Waals surface area contributed by atoms with Gasteiger partial charge in [-0.2, -0.15) is 18.3 Å². The van der Waals surface area contributed by atoms with E-state index in [0.717, 1.165) is 12.1 Å². The Labute approximate surface area is 99.8 Å². The molecule has 0 aliphatic carbocycles. The summed E-state index contributed by atoms with van der Waals surface area (Å²) in [5.41, 5.74) is -0.427. The van der Waals surface area contributed by atoms with Crippen molar-refractivity contribution in [3.8, 4) is 5.69 Å². The average molecular weight is 262 g/mol. The predicted molar refractivity (Wildman–Crippen MR) is 56.1 cm³/mol. The van der Waals surface area contributed by atoms with Gasteiger partial charge in [0.2, 0.25) is 0 Å². The summed E-state index contributed by atoms with van der Waals surface area (Å²) in [6.07, 6.45) is -3.01. The lowest BCUT2D eigenvalue weighted by molar-refractivity contribution is -0.137. The molecule has 0 atom stereocenters. The lowest BCUT2D eigenvalue weighted by Gasteiger charge is -2.09. The van der Waals surface area contributed by atoms with Crippen molar-refractivity contribution in [2.24, 2.45) is 0 Å². The zero-order valence-electron chi connectivity index (χ0n) is 8.66. The molecule has 0 bridgehead atoms. The van der Waals surface area contributed by atoms with E-state index in [1.807, 2.05) is 0 Å². The third kappa shape index (κ3) is 2.41. The molecule has 0 saturated carbocycles. The summed E-state index contributed by atoms with van der Waals surface area (Å²) in [7, 11) is 0. The molecule has 0 radical (unpaired) electrons. The van der Waals surface area contributed by atoms with Crippen molar-refractivity contribution >= 4 is 11.6 Å². The molecule has 1 aromatic heterocycles. The molecule has 1 aromatic carbocycles. The number of aromatic nitrogens is 3. The minimum absolute atomic E-state index is 0.0234. The number of hydrogen-bond acceptors (Lipinski definition) is 2. The first-order chi connectivity index (χ1) is 7.88. The SMILES string of the molecule is Cc1ncn(-c2ccc(C(F)(F)F)cc2Cl)n1. The highest BCUT2D eigenvalue weighted by atomic mass is 35.5. The monoisotopic (exact) mass is 261 g/mol. The van der Waals surface area contributed by atoms with Gasteiger partial charge >= 0.3 is 6.18 Å². The standard InChI is InChI=1S/C10H7ClF3N3/c1-6-15-5-17(16-6)9-3-2-7(4-8(9)11)10(12,13)14/h2-5H,1H3. The maximum Gasteiger partial charge on any atom is 0.416 e. The molecule has 7 heteroatoms. The Kier molecular flexibility index (Phi) is 2.82. The van der Waals surface area contributed by atoms with Gasteiger partial charge in [-0.3, -0.25) is 0 Å². The summed E-state index contributed by atoms with van der Waals surface area (Å²) in [5.74, 6) is 0.515. The number of aryl methyl sites for hydroxylation is 1. The van der Waals surface area contributed by atoms with E-state index in [1.54, 1.807) is 6.92 Å². The minimum Gasteiger partial charge on any atom is -0.220 e. The van der Waals surface area contributed by atoms with Gasteiger partial charge in [0.25, 0.3) is 0 Å². The molecule has 0 spiro atoms. The lowest BCUT2D eigenvalue weighted by atomic mass is 10.2. The van der Waals surface area contributed by atoms with Crippen LogP contribution < -0.4 is 0 Å². The van der Waals surface area contributed by atoms with Gasteiger partial charge in [0.1, 0.15) is 12.2 Å². The normalized spacial score (nSPS) is 11.8. The molecule has 17 heavy (non-hydrogen) atoms. The van der Waals surface area contributed by atoms with Gasteiger partial charge in [-0.25, -0.2) is 9.67 Å². The van der Waals surface area contributed by atoms with Gasteiger partial charge in [-0.15, -0.1) is 0 Å². The second-order valence-electron chi connectivity index (χ2n) is 3.40. The molecule has 3 nitrogen and oxygen atoms in total. The molecule has 0 unspecified atom stereocenters. The van der Waals surface area contributed by atoms with Crippen molar-refractivity contribution < 1.29 is 13.2 Å². The third-order valence-electron chi connectivity index (χ3n) is 2.13. The van der Waals surface area contributed by atoms with Crippen LogP contribution in [0, 0.1) is 6.92 Å². The van der Waals surface area contributed by atoms with Crippen LogP contribution in [-0.2, 0) is 6.18 Å². The largest absolute Gasteiger partial charge is 0.416 e. The first kappa shape index (κ1) is 11.9. The fourth-order valence-corrected chi connectivity index (χ4v) is 1.60. The number of nitrogens with zero attached hydrogens (tertiary/aromatic N) is 3. The van der Waals surface area contributed by atoms with Crippen molar-refractivity contribution in [1.29, 1.82) is 0 Å². The Bertz CT molecular complexity index is 548. The summed E-state index contributed by atoms with van der Waals surface area (Å²) in [6, 6.07) is 3.09. The van der Waals surface area contributed by atoms with Crippen LogP contribution in [0.4, 0.5) is 13.2 Å². The topological polar surface area (TPSA) is 30.7 Å². The van der Waals surface area contributed by atoms with E-state index in [1.165, 1.54) is 17.1 Å². The highest BCUT2D eigenvalue weighted by Crippen LogP contribution is 2.32. The molecule has 2 rings (SSSR count). The van der Waals surface area contributed by atoms with E-state index in [2.05, 4.69) is 10.1 Å². The molecule has 0 amide bonds. The Hall–Kier alpha value is -1.56. The summed E-state index contributed by atoms with van der Waals surface area (Å²) in [5, 5.41) is 3.95. The molecule has 90 valence electrons. The van der Waals surface area contributed by atoms with Crippen LogP contribution >= 0.6 is 11.6 Å². The maximum atomic E-state index is 12.4. The molecule has 0 saturated heterocycles. The van der Waals surface area contributed by atoms with Crippen molar-refractivity contribution in [2.75, 3.05) is 0 Å². The van der Waals surface area contributed by atoms with Gasteiger partial charge in [0.15, 0.2) is 0 Å². The first-order valence-electron chi connectivity index (χ1n) is 4.63. The van der Waals surface area contributed by atoms with Crippen LogP contribution in [0.2, 0.25) is 5.02 Å². The van der Waals surface area contributed by atoms with Crippen molar-refractivity contribution in [1.82, 2.24) is 14.8 Å². The van der Waals surface area contributed by atoms with Crippen LogP contribution in [0.15, 0.2) is 24.5 Å². The molecule has 0 fully saturated rings. The fraction of sp³-hybridized carbons (Fsp3) is 0.200. The highest BCUT2D eigenvalue weighted by molar-refractivity contribution is 6.32. The number of benzene rings is 1. The van der Waals surface area contributed by atoms with Gasteiger partial charge in [0, 0.05) is 0 Å². The van der Waals surface area contributed by atoms with Crippen molar-refractivity contribution in [2.45, 2.75) is 13.1 Å². The first-order valence-corrected chi connectivity index (χ1v) is 5.01. The molecule has 2 aromatic rings. The Morgan fingerprint density at radius 1 is 1.29 bits per heavy atom. The predicted octanol–water partition coefficient (Wildman–Crippen LogP) is 3.25. The van der Waals surface area contributed by atoms with Crippen molar-refractivity contribution in [3.05, 3.63) is 40.9 Å². The van der Waals surface area contributed by atoms with E-state index >= 15 is 0 Å². The van der Waals surface area contributed by atoms with Gasteiger partial charge in [0.05, 0.1) is 16.3 Å². The molecule has 0 aliphatic rings. The van der Waals surface area contributed by atoms with E-state index in [0.29, 0.717) is 11.5 Å². The average Bonchev–Trinajstić information content (AvgIpc) is 2.63. The van der Waals surface area contributed by atoms with Crippen LogP contribution in [0.3, 0.4) is 0 Å². The summed E-state index contributed by atoms with van der Waals surface area (Å²) in [4.78, 5) is 3.88. The second-order valence-corrected chi connectivity index (χ2v) is 3.81. The molecular formula is C10H7ClF3N3. The van der Waals surface area contributed by atoms with E-state index in [4.69, 9.17) is 11.6 Å². The minimum atomic E-state index is -4.40. The Morgan fingerprint density at radius 3 is 2.47 bits per heavy atom. The maximum absolute atomic E-state index is 12.4. The zero-order chi connectivity index (χ0) is 12.6. The van der Waals surface area contributed by atoms with E-state index in [9.17, 15) is 13.2 Å². The summed E-state index contributed by atoms with van der Waals surface area (Å²) in [6.45, 7) is 1.68. The number of hydrogen-bond donors (Lipinski definition) is 0. The van der Waals surface area contributed by atoms with Gasteiger partial charge < -0.3 is 0 Å². The Morgan fingerprint density at radius 2 is 2.00 bits per heavy atom. The molecule has 0 aliphatic heterocycles. The van der Waals surface area contributed by atoms with Crippen LogP contribution in [-0.4, -0.2) is 14.8 Å². The molecular weight excluding hydrogens is 255 g/mol. The number of halogens is 4. The lowest BCUT2D eigenvalue weighted by Crippen LogP contribution is -2.06. The van der Waals surface area contributed by atoms with Crippen LogP contribution in [0.25, 0.3) is 5.69 Å².